The normalized spacial score (nSPS) is 23.3. The molecule has 1 aromatic heterocycles. The van der Waals surface area contributed by atoms with Crippen LogP contribution in [0.15, 0.2) is 18.2 Å². The van der Waals surface area contributed by atoms with Gasteiger partial charge in [0.15, 0.2) is 0 Å². The van der Waals surface area contributed by atoms with Crippen molar-refractivity contribution in [1.82, 2.24) is 4.98 Å². The zero-order valence-corrected chi connectivity index (χ0v) is 11.6. The number of rotatable bonds is 1. The number of hydrogen-bond donors (Lipinski definition) is 0. The predicted molar refractivity (Wildman–Crippen MR) is 76.2 cm³/mol. The van der Waals surface area contributed by atoms with Crippen LogP contribution in [0, 0.1) is 5.41 Å². The first kappa shape index (κ1) is 12.3. The molecule has 1 spiro atoms. The first-order chi connectivity index (χ1) is 8.77. The average Bonchev–Trinajstić information content (AvgIpc) is 2.40. The lowest BCUT2D eigenvalue weighted by Gasteiger charge is -2.44. The number of pyridine rings is 1. The van der Waals surface area contributed by atoms with Gasteiger partial charge < -0.3 is 4.90 Å². The van der Waals surface area contributed by atoms with Gasteiger partial charge in [-0.15, -0.1) is 0 Å². The van der Waals surface area contributed by atoms with Crippen LogP contribution in [0.1, 0.15) is 44.9 Å². The molecular weight excluding hydrogens is 244 g/mol. The first-order valence-electron chi connectivity index (χ1n) is 7.15. The van der Waals surface area contributed by atoms with Gasteiger partial charge in [-0.1, -0.05) is 36.9 Å². The molecule has 3 rings (SSSR count). The summed E-state index contributed by atoms with van der Waals surface area (Å²) in [6.07, 6.45) is 9.89. The minimum Gasteiger partial charge on any atom is -0.357 e. The van der Waals surface area contributed by atoms with Gasteiger partial charge in [0.2, 0.25) is 0 Å². The van der Waals surface area contributed by atoms with E-state index in [-0.39, 0.29) is 0 Å². The molecule has 0 aromatic carbocycles. The van der Waals surface area contributed by atoms with E-state index < -0.39 is 0 Å². The van der Waals surface area contributed by atoms with Gasteiger partial charge in [-0.3, -0.25) is 0 Å². The maximum atomic E-state index is 5.97. The van der Waals surface area contributed by atoms with Crippen LogP contribution in [0.2, 0.25) is 5.15 Å². The van der Waals surface area contributed by atoms with E-state index in [2.05, 4.69) is 16.0 Å². The minimum absolute atomic E-state index is 0.602. The molecule has 1 saturated heterocycles. The van der Waals surface area contributed by atoms with E-state index in [1.807, 2.05) is 12.1 Å². The summed E-state index contributed by atoms with van der Waals surface area (Å²) in [5, 5.41) is 0.602. The smallest absolute Gasteiger partial charge is 0.131 e. The van der Waals surface area contributed by atoms with Gasteiger partial charge in [0.25, 0.3) is 0 Å². The van der Waals surface area contributed by atoms with E-state index in [0.29, 0.717) is 10.6 Å². The average molecular weight is 265 g/mol. The van der Waals surface area contributed by atoms with Crippen molar-refractivity contribution in [2.45, 2.75) is 44.9 Å². The highest BCUT2D eigenvalue weighted by Crippen LogP contribution is 2.44. The fraction of sp³-hybridized carbons (Fsp3) is 0.667. The van der Waals surface area contributed by atoms with Crippen molar-refractivity contribution in [2.24, 2.45) is 5.41 Å². The van der Waals surface area contributed by atoms with Gasteiger partial charge in [-0.2, -0.15) is 0 Å². The summed E-state index contributed by atoms with van der Waals surface area (Å²) in [4.78, 5) is 6.82. The van der Waals surface area contributed by atoms with E-state index >= 15 is 0 Å². The molecule has 3 heteroatoms. The summed E-state index contributed by atoms with van der Waals surface area (Å²) in [6, 6.07) is 5.91. The molecular formula is C15H21ClN2. The van der Waals surface area contributed by atoms with E-state index in [1.54, 1.807) is 0 Å². The summed E-state index contributed by atoms with van der Waals surface area (Å²) >= 11 is 5.97. The van der Waals surface area contributed by atoms with Crippen LogP contribution in [0.3, 0.4) is 0 Å². The molecule has 0 N–H and O–H groups in total. The second-order valence-corrected chi connectivity index (χ2v) is 6.25. The molecule has 0 radical (unpaired) electrons. The molecule has 1 aliphatic heterocycles. The van der Waals surface area contributed by atoms with E-state index in [9.17, 15) is 0 Å². The summed E-state index contributed by atoms with van der Waals surface area (Å²) in [5.41, 5.74) is 0.660. The number of nitrogens with zero attached hydrogens (tertiary/aromatic N) is 2. The SMILES string of the molecule is Clc1cccc(N2CCC3(CCCCC3)CC2)n1. The fourth-order valence-corrected chi connectivity index (χ4v) is 3.74. The molecule has 0 amide bonds. The molecule has 18 heavy (non-hydrogen) atoms. The van der Waals surface area contributed by atoms with Crippen molar-refractivity contribution in [2.75, 3.05) is 18.0 Å². The maximum absolute atomic E-state index is 5.97. The van der Waals surface area contributed by atoms with Gasteiger partial charge >= 0.3 is 0 Å². The summed E-state index contributed by atoms with van der Waals surface area (Å²) in [7, 11) is 0. The van der Waals surface area contributed by atoms with E-state index in [4.69, 9.17) is 11.6 Å². The Morgan fingerprint density at radius 1 is 1.00 bits per heavy atom. The highest BCUT2D eigenvalue weighted by atomic mass is 35.5. The Kier molecular flexibility index (Phi) is 3.47. The largest absolute Gasteiger partial charge is 0.357 e. The minimum atomic E-state index is 0.602. The van der Waals surface area contributed by atoms with Crippen molar-refractivity contribution in [3.63, 3.8) is 0 Å². The maximum Gasteiger partial charge on any atom is 0.131 e. The third-order valence-electron chi connectivity index (χ3n) is 4.76. The Hall–Kier alpha value is -0.760. The third-order valence-corrected chi connectivity index (χ3v) is 4.97. The van der Waals surface area contributed by atoms with Crippen molar-refractivity contribution < 1.29 is 0 Å². The second kappa shape index (κ2) is 5.08. The zero-order valence-electron chi connectivity index (χ0n) is 10.9. The highest BCUT2D eigenvalue weighted by Gasteiger charge is 2.35. The molecule has 0 atom stereocenters. The number of hydrogen-bond acceptors (Lipinski definition) is 2. The van der Waals surface area contributed by atoms with Gasteiger partial charge in [0.1, 0.15) is 11.0 Å². The van der Waals surface area contributed by atoms with Crippen LogP contribution in [-0.4, -0.2) is 18.1 Å². The number of halogens is 1. The van der Waals surface area contributed by atoms with Crippen LogP contribution >= 0.6 is 11.6 Å². The lowest BCUT2D eigenvalue weighted by Crippen LogP contribution is -2.41. The molecule has 2 fully saturated rings. The van der Waals surface area contributed by atoms with Crippen LogP contribution in [0.5, 0.6) is 0 Å². The molecule has 0 unspecified atom stereocenters. The summed E-state index contributed by atoms with van der Waals surface area (Å²) in [5.74, 6) is 1.05. The van der Waals surface area contributed by atoms with Crippen molar-refractivity contribution in [1.29, 1.82) is 0 Å². The van der Waals surface area contributed by atoms with Gasteiger partial charge in [0.05, 0.1) is 0 Å². The monoisotopic (exact) mass is 264 g/mol. The van der Waals surface area contributed by atoms with Crippen molar-refractivity contribution in [3.8, 4) is 0 Å². The first-order valence-corrected chi connectivity index (χ1v) is 7.53. The molecule has 2 aliphatic rings. The van der Waals surface area contributed by atoms with Gasteiger partial charge in [0, 0.05) is 13.1 Å². The van der Waals surface area contributed by atoms with E-state index in [1.165, 1.54) is 44.9 Å². The Morgan fingerprint density at radius 3 is 2.39 bits per heavy atom. The summed E-state index contributed by atoms with van der Waals surface area (Å²) < 4.78 is 0. The van der Waals surface area contributed by atoms with Crippen LogP contribution in [0.4, 0.5) is 5.82 Å². The lowest BCUT2D eigenvalue weighted by atomic mass is 9.68. The van der Waals surface area contributed by atoms with Crippen molar-refractivity contribution in [3.05, 3.63) is 23.4 Å². The third kappa shape index (κ3) is 2.49. The Bertz CT molecular complexity index is 403. The van der Waals surface area contributed by atoms with Gasteiger partial charge in [-0.25, -0.2) is 4.98 Å². The van der Waals surface area contributed by atoms with Crippen LogP contribution < -0.4 is 4.90 Å². The quantitative estimate of drug-likeness (QED) is 0.704. The molecule has 1 saturated carbocycles. The number of piperidine rings is 1. The van der Waals surface area contributed by atoms with Gasteiger partial charge in [-0.05, 0) is 43.2 Å². The predicted octanol–water partition coefficient (Wildman–Crippen LogP) is 4.29. The topological polar surface area (TPSA) is 16.1 Å². The molecule has 1 aromatic rings. The number of aromatic nitrogens is 1. The zero-order chi connectivity index (χ0) is 12.4. The molecule has 98 valence electrons. The standard InChI is InChI=1S/C15H21ClN2/c16-13-5-4-6-14(17-13)18-11-9-15(10-12-18)7-2-1-3-8-15/h4-6H,1-3,7-12H2. The summed E-state index contributed by atoms with van der Waals surface area (Å²) in [6.45, 7) is 2.29. The Labute approximate surface area is 114 Å². The molecule has 1 aliphatic carbocycles. The van der Waals surface area contributed by atoms with Crippen LogP contribution in [-0.2, 0) is 0 Å². The second-order valence-electron chi connectivity index (χ2n) is 5.87. The fourth-order valence-electron chi connectivity index (χ4n) is 3.59. The molecule has 0 bridgehead atoms. The number of anilines is 1. The van der Waals surface area contributed by atoms with Crippen LogP contribution in [0.25, 0.3) is 0 Å². The lowest BCUT2D eigenvalue weighted by molar-refractivity contribution is 0.144. The Morgan fingerprint density at radius 2 is 1.72 bits per heavy atom. The molecule has 2 heterocycles. The highest BCUT2D eigenvalue weighted by molar-refractivity contribution is 6.29. The van der Waals surface area contributed by atoms with E-state index in [0.717, 1.165) is 18.9 Å². The molecule has 2 nitrogen and oxygen atoms in total. The Balaban J connectivity index is 1.66. The van der Waals surface area contributed by atoms with Crippen molar-refractivity contribution >= 4 is 17.4 Å².